The number of carbonyl (C=O) groups is 1. The van der Waals surface area contributed by atoms with Crippen molar-refractivity contribution in [2.75, 3.05) is 13.7 Å². The summed E-state index contributed by atoms with van der Waals surface area (Å²) >= 11 is 0. The fraction of sp³-hybridized carbons (Fsp3) is 0.950. The van der Waals surface area contributed by atoms with Gasteiger partial charge in [-0.25, -0.2) is 0 Å². The van der Waals surface area contributed by atoms with E-state index >= 15 is 0 Å². The van der Waals surface area contributed by atoms with E-state index in [4.69, 9.17) is 14.6 Å². The van der Waals surface area contributed by atoms with Crippen LogP contribution < -0.4 is 0 Å². The molecule has 0 aromatic rings. The topological polar surface area (TPSA) is 65.0 Å². The van der Waals surface area contributed by atoms with Gasteiger partial charge in [-0.15, -0.1) is 0 Å². The first-order valence-electron chi connectivity index (χ1n) is 10.0. The van der Waals surface area contributed by atoms with Crippen LogP contribution in [0, 0.1) is 0 Å². The number of hydrogen-bond donors (Lipinski definition) is 1. The Hall–Kier alpha value is -0.650. The molecule has 0 aliphatic carbocycles. The zero-order chi connectivity index (χ0) is 18.5. The Morgan fingerprint density at radius 1 is 0.880 bits per heavy atom. The summed E-state index contributed by atoms with van der Waals surface area (Å²) in [6.45, 7) is 4.29. The average Bonchev–Trinajstić information content (AvgIpc) is 2.87. The van der Waals surface area contributed by atoms with Crippen LogP contribution in [0.4, 0.5) is 0 Å². The number of unbranched alkanes of at least 4 members (excludes halogenated alkanes) is 7. The van der Waals surface area contributed by atoms with Crippen molar-refractivity contribution in [2.24, 2.45) is 0 Å². The highest BCUT2D eigenvalue weighted by Gasteiger charge is 2.40. The van der Waals surface area contributed by atoms with Crippen LogP contribution in [0.15, 0.2) is 0 Å². The second kappa shape index (κ2) is 12.7. The van der Waals surface area contributed by atoms with Gasteiger partial charge in [0.05, 0.1) is 19.3 Å². The van der Waals surface area contributed by atoms with Gasteiger partial charge >= 0.3 is 5.97 Å². The minimum Gasteiger partial charge on any atom is -0.469 e. The lowest BCUT2D eigenvalue weighted by molar-refractivity contribution is -0.147. The minimum absolute atomic E-state index is 0.111. The number of carbonyl (C=O) groups excluding carboxylic acids is 1. The van der Waals surface area contributed by atoms with E-state index < -0.39 is 5.79 Å². The SMILES string of the molecule is COC(=O)CCCCCCC[C@H]1OC(C)(C)O[C@@H]1CCCCCCO. The molecule has 0 spiro atoms. The molecule has 0 saturated carbocycles. The number of methoxy groups -OCH3 is 1. The Kier molecular flexibility index (Phi) is 11.3. The maximum Gasteiger partial charge on any atom is 0.305 e. The molecule has 0 bridgehead atoms. The highest BCUT2D eigenvalue weighted by Crippen LogP contribution is 2.33. The predicted molar refractivity (Wildman–Crippen MR) is 98.3 cm³/mol. The first-order valence-corrected chi connectivity index (χ1v) is 10.0. The molecule has 1 fully saturated rings. The van der Waals surface area contributed by atoms with Crippen molar-refractivity contribution >= 4 is 5.97 Å². The molecule has 0 amide bonds. The second-order valence-electron chi connectivity index (χ2n) is 7.52. The van der Waals surface area contributed by atoms with E-state index in [0.717, 1.165) is 64.2 Å². The molecule has 1 aliphatic rings. The van der Waals surface area contributed by atoms with E-state index in [9.17, 15) is 4.79 Å². The number of rotatable bonds is 14. The normalized spacial score (nSPS) is 22.2. The third-order valence-electron chi connectivity index (χ3n) is 4.78. The fourth-order valence-electron chi connectivity index (χ4n) is 3.46. The third-order valence-corrected chi connectivity index (χ3v) is 4.78. The van der Waals surface area contributed by atoms with Gasteiger partial charge in [0.15, 0.2) is 5.79 Å². The molecule has 5 heteroatoms. The van der Waals surface area contributed by atoms with Crippen LogP contribution >= 0.6 is 0 Å². The molecule has 25 heavy (non-hydrogen) atoms. The predicted octanol–water partition coefficient (Wildman–Crippen LogP) is 4.35. The van der Waals surface area contributed by atoms with Crippen molar-refractivity contribution in [3.8, 4) is 0 Å². The van der Waals surface area contributed by atoms with E-state index in [-0.39, 0.29) is 18.2 Å². The molecular formula is C20H38O5. The standard InChI is InChI=1S/C20H38O5/c1-20(2)24-17(18(25-20)14-10-7-8-12-16-21)13-9-5-4-6-11-15-19(22)23-3/h17-18,21H,4-16H2,1-3H3/t17-,18-/m1/s1. The smallest absolute Gasteiger partial charge is 0.305 e. The number of aliphatic hydroxyl groups excluding tert-OH is 1. The van der Waals surface area contributed by atoms with Crippen molar-refractivity contribution in [3.63, 3.8) is 0 Å². The van der Waals surface area contributed by atoms with Crippen molar-refractivity contribution in [3.05, 3.63) is 0 Å². The van der Waals surface area contributed by atoms with Gasteiger partial charge in [0.25, 0.3) is 0 Å². The van der Waals surface area contributed by atoms with E-state index in [1.807, 2.05) is 13.8 Å². The van der Waals surface area contributed by atoms with Gasteiger partial charge < -0.3 is 19.3 Å². The van der Waals surface area contributed by atoms with E-state index in [0.29, 0.717) is 13.0 Å². The number of esters is 1. The van der Waals surface area contributed by atoms with Crippen LogP contribution in [-0.4, -0.2) is 42.8 Å². The lowest BCUT2D eigenvalue weighted by Gasteiger charge is -2.16. The summed E-state index contributed by atoms with van der Waals surface area (Å²) in [5.74, 6) is -0.582. The Labute approximate surface area is 153 Å². The van der Waals surface area contributed by atoms with Crippen LogP contribution in [0.25, 0.3) is 0 Å². The third kappa shape index (κ3) is 10.2. The number of hydrogen-bond acceptors (Lipinski definition) is 5. The maximum atomic E-state index is 11.1. The Bertz CT molecular complexity index is 356. The van der Waals surface area contributed by atoms with E-state index in [2.05, 4.69) is 4.74 Å². The quantitative estimate of drug-likeness (QED) is 0.369. The van der Waals surface area contributed by atoms with Gasteiger partial charge in [-0.05, 0) is 39.5 Å². The summed E-state index contributed by atoms with van der Waals surface area (Å²) in [5.41, 5.74) is 0. The first-order chi connectivity index (χ1) is 12.0. The van der Waals surface area contributed by atoms with E-state index in [1.165, 1.54) is 13.5 Å². The monoisotopic (exact) mass is 358 g/mol. The molecule has 0 aromatic carbocycles. The van der Waals surface area contributed by atoms with Gasteiger partial charge in [0.1, 0.15) is 0 Å². The Morgan fingerprint density at radius 3 is 1.88 bits per heavy atom. The van der Waals surface area contributed by atoms with E-state index in [1.54, 1.807) is 0 Å². The molecule has 1 aliphatic heterocycles. The molecule has 1 rings (SSSR count). The van der Waals surface area contributed by atoms with Gasteiger partial charge in [0, 0.05) is 13.0 Å². The number of ether oxygens (including phenoxy) is 3. The second-order valence-corrected chi connectivity index (χ2v) is 7.52. The maximum absolute atomic E-state index is 11.1. The molecule has 5 nitrogen and oxygen atoms in total. The van der Waals surface area contributed by atoms with Crippen molar-refractivity contribution in [2.45, 2.75) is 109 Å². The lowest BCUT2D eigenvalue weighted by Crippen LogP contribution is -2.22. The van der Waals surface area contributed by atoms with Crippen LogP contribution in [0.3, 0.4) is 0 Å². The Morgan fingerprint density at radius 2 is 1.36 bits per heavy atom. The van der Waals surface area contributed by atoms with Crippen molar-refractivity contribution in [1.82, 2.24) is 0 Å². The zero-order valence-electron chi connectivity index (χ0n) is 16.4. The summed E-state index contributed by atoms with van der Waals surface area (Å²) in [5, 5.41) is 8.83. The minimum atomic E-state index is -0.471. The Balaban J connectivity index is 2.15. The number of aliphatic hydroxyl groups is 1. The first kappa shape index (κ1) is 22.4. The molecule has 0 aromatic heterocycles. The molecule has 1 N–H and O–H groups in total. The van der Waals surface area contributed by atoms with Gasteiger partial charge in [-0.2, -0.15) is 0 Å². The fourth-order valence-corrected chi connectivity index (χ4v) is 3.46. The summed E-state index contributed by atoms with van der Waals surface area (Å²) in [6, 6.07) is 0. The van der Waals surface area contributed by atoms with Crippen LogP contribution in [0.1, 0.15) is 90.9 Å². The van der Waals surface area contributed by atoms with Crippen LogP contribution in [0.5, 0.6) is 0 Å². The summed E-state index contributed by atoms with van der Waals surface area (Å²) in [4.78, 5) is 11.1. The van der Waals surface area contributed by atoms with Crippen molar-refractivity contribution < 1.29 is 24.1 Å². The zero-order valence-corrected chi connectivity index (χ0v) is 16.4. The lowest BCUT2D eigenvalue weighted by atomic mass is 10.00. The molecule has 0 radical (unpaired) electrons. The highest BCUT2D eigenvalue weighted by atomic mass is 16.7. The van der Waals surface area contributed by atoms with Crippen LogP contribution in [0.2, 0.25) is 0 Å². The summed E-state index contributed by atoms with van der Waals surface area (Å²) < 4.78 is 16.8. The molecule has 1 saturated heterocycles. The van der Waals surface area contributed by atoms with Gasteiger partial charge in [0.2, 0.25) is 0 Å². The molecular weight excluding hydrogens is 320 g/mol. The molecule has 0 unspecified atom stereocenters. The van der Waals surface area contributed by atoms with Crippen molar-refractivity contribution in [1.29, 1.82) is 0 Å². The molecule has 1 heterocycles. The summed E-state index contributed by atoms with van der Waals surface area (Å²) in [7, 11) is 1.44. The van der Waals surface area contributed by atoms with Crippen LogP contribution in [-0.2, 0) is 19.0 Å². The highest BCUT2D eigenvalue weighted by molar-refractivity contribution is 5.68. The van der Waals surface area contributed by atoms with Gasteiger partial charge in [-0.3, -0.25) is 4.79 Å². The molecule has 148 valence electrons. The summed E-state index contributed by atoms with van der Waals surface area (Å²) in [6.07, 6.45) is 12.7. The van der Waals surface area contributed by atoms with Gasteiger partial charge in [-0.1, -0.05) is 44.9 Å². The largest absolute Gasteiger partial charge is 0.469 e. The molecule has 2 atom stereocenters. The average molecular weight is 359 g/mol.